The molecule has 0 fully saturated rings. The van der Waals surface area contributed by atoms with Gasteiger partial charge in [-0.3, -0.25) is 4.79 Å². The Bertz CT molecular complexity index is 274. The second-order valence-electron chi connectivity index (χ2n) is 6.08. The Morgan fingerprint density at radius 3 is 2.36 bits per heavy atom. The summed E-state index contributed by atoms with van der Waals surface area (Å²) in [6, 6.07) is 0. The molecule has 3 heteroatoms. The Morgan fingerprint density at radius 1 is 0.955 bits per heavy atom. The van der Waals surface area contributed by atoms with Crippen molar-refractivity contribution < 1.29 is 14.6 Å². The summed E-state index contributed by atoms with van der Waals surface area (Å²) in [6.07, 6.45) is 18.0. The van der Waals surface area contributed by atoms with Crippen LogP contribution in [0.4, 0.5) is 0 Å². The minimum absolute atomic E-state index is 0.113. The molecule has 0 saturated carbocycles. The molecule has 0 spiro atoms. The van der Waals surface area contributed by atoms with Crippen molar-refractivity contribution in [1.29, 1.82) is 0 Å². The van der Waals surface area contributed by atoms with E-state index in [1.165, 1.54) is 32.8 Å². The normalized spacial score (nSPS) is 12.7. The van der Waals surface area contributed by atoms with Crippen LogP contribution < -0.4 is 0 Å². The van der Waals surface area contributed by atoms with Crippen LogP contribution in [0.1, 0.15) is 90.4 Å². The van der Waals surface area contributed by atoms with Crippen LogP contribution >= 0.6 is 0 Å². The van der Waals surface area contributed by atoms with Gasteiger partial charge in [0.05, 0.1) is 13.2 Å². The van der Waals surface area contributed by atoms with Crippen molar-refractivity contribution in [2.24, 2.45) is 0 Å². The number of aliphatic hydroxyl groups is 1. The number of hydrogen-bond donors (Lipinski definition) is 1. The highest BCUT2D eigenvalue weighted by Gasteiger charge is 2.03. The second-order valence-corrected chi connectivity index (χ2v) is 6.08. The Hall–Kier alpha value is -0.830. The molecule has 0 bridgehead atoms. The van der Waals surface area contributed by atoms with Crippen LogP contribution in [-0.2, 0) is 9.53 Å². The fourth-order valence-electron chi connectivity index (χ4n) is 2.46. The van der Waals surface area contributed by atoms with Gasteiger partial charge in [-0.1, -0.05) is 57.6 Å². The van der Waals surface area contributed by atoms with Gasteiger partial charge in [0.25, 0.3) is 0 Å². The van der Waals surface area contributed by atoms with Gasteiger partial charge >= 0.3 is 5.97 Å². The first-order valence-corrected chi connectivity index (χ1v) is 9.10. The van der Waals surface area contributed by atoms with Gasteiger partial charge in [-0.25, -0.2) is 0 Å². The highest BCUT2D eigenvalue weighted by molar-refractivity contribution is 5.68. The molecule has 0 heterocycles. The zero-order chi connectivity index (χ0) is 16.5. The lowest BCUT2D eigenvalue weighted by Crippen LogP contribution is -2.05. The van der Waals surface area contributed by atoms with Gasteiger partial charge in [0.1, 0.15) is 0 Å². The lowest BCUT2D eigenvalue weighted by Gasteiger charge is -2.08. The molecule has 0 aromatic heterocycles. The van der Waals surface area contributed by atoms with Gasteiger partial charge in [0.2, 0.25) is 0 Å². The van der Waals surface area contributed by atoms with E-state index in [0.29, 0.717) is 6.42 Å². The summed E-state index contributed by atoms with van der Waals surface area (Å²) in [5.41, 5.74) is 0. The van der Waals surface area contributed by atoms with E-state index in [-0.39, 0.29) is 12.1 Å². The summed E-state index contributed by atoms with van der Waals surface area (Å²) in [7, 11) is 1.43. The van der Waals surface area contributed by atoms with Crippen molar-refractivity contribution in [3.63, 3.8) is 0 Å². The molecule has 0 radical (unpaired) electrons. The summed E-state index contributed by atoms with van der Waals surface area (Å²) >= 11 is 0. The van der Waals surface area contributed by atoms with Crippen molar-refractivity contribution in [2.45, 2.75) is 96.5 Å². The standard InChI is InChI=1S/C19H36O3/c1-3-4-5-6-7-9-12-15-18(20)16-13-10-8-11-14-17-19(21)22-2/h7,9,18,20H,3-6,8,10-17H2,1-2H3/b9-7+/t18-/m0/s1. The topological polar surface area (TPSA) is 46.5 Å². The number of ether oxygens (including phenoxy) is 1. The van der Waals surface area contributed by atoms with Crippen LogP contribution in [0.5, 0.6) is 0 Å². The lowest BCUT2D eigenvalue weighted by atomic mass is 10.0. The summed E-state index contributed by atoms with van der Waals surface area (Å²) in [5.74, 6) is -0.113. The van der Waals surface area contributed by atoms with Crippen molar-refractivity contribution in [2.75, 3.05) is 7.11 Å². The Labute approximate surface area is 137 Å². The van der Waals surface area contributed by atoms with Crippen LogP contribution in [0, 0.1) is 0 Å². The molecule has 1 N–H and O–H groups in total. The third kappa shape index (κ3) is 15.6. The van der Waals surface area contributed by atoms with E-state index < -0.39 is 0 Å². The van der Waals surface area contributed by atoms with E-state index in [1.54, 1.807) is 0 Å². The number of methoxy groups -OCH3 is 1. The smallest absolute Gasteiger partial charge is 0.305 e. The number of carbonyl (C=O) groups excluding carboxylic acids is 1. The molecule has 0 unspecified atom stereocenters. The van der Waals surface area contributed by atoms with Crippen molar-refractivity contribution in [3.8, 4) is 0 Å². The van der Waals surface area contributed by atoms with Crippen LogP contribution in [0.2, 0.25) is 0 Å². The maximum atomic E-state index is 10.9. The van der Waals surface area contributed by atoms with Gasteiger partial charge in [-0.15, -0.1) is 0 Å². The summed E-state index contributed by atoms with van der Waals surface area (Å²) < 4.78 is 4.61. The van der Waals surface area contributed by atoms with Crippen LogP contribution in [0.15, 0.2) is 12.2 Å². The molecule has 0 aromatic carbocycles. The summed E-state index contributed by atoms with van der Waals surface area (Å²) in [5, 5.41) is 9.90. The molecular formula is C19H36O3. The van der Waals surface area contributed by atoms with Crippen LogP contribution in [-0.4, -0.2) is 24.3 Å². The van der Waals surface area contributed by atoms with Gasteiger partial charge < -0.3 is 9.84 Å². The van der Waals surface area contributed by atoms with E-state index in [4.69, 9.17) is 0 Å². The molecular weight excluding hydrogens is 276 g/mol. The molecule has 0 aliphatic heterocycles. The largest absolute Gasteiger partial charge is 0.469 e. The Kier molecular flexibility index (Phi) is 15.9. The predicted octanol–water partition coefficient (Wildman–Crippen LogP) is 5.17. The van der Waals surface area contributed by atoms with Gasteiger partial charge in [0, 0.05) is 6.42 Å². The second kappa shape index (κ2) is 16.5. The van der Waals surface area contributed by atoms with Crippen molar-refractivity contribution >= 4 is 5.97 Å². The van der Waals surface area contributed by atoms with E-state index in [2.05, 4.69) is 23.8 Å². The predicted molar refractivity (Wildman–Crippen MR) is 92.9 cm³/mol. The molecule has 0 aromatic rings. The highest BCUT2D eigenvalue weighted by Crippen LogP contribution is 2.12. The van der Waals surface area contributed by atoms with Gasteiger partial charge in [-0.2, -0.15) is 0 Å². The number of unbranched alkanes of at least 4 members (excludes halogenated alkanes) is 7. The average Bonchev–Trinajstić information content (AvgIpc) is 2.52. The maximum Gasteiger partial charge on any atom is 0.305 e. The monoisotopic (exact) mass is 312 g/mol. The average molecular weight is 312 g/mol. The number of allylic oxidation sites excluding steroid dienone is 2. The molecule has 3 nitrogen and oxygen atoms in total. The number of rotatable bonds is 15. The molecule has 22 heavy (non-hydrogen) atoms. The quantitative estimate of drug-likeness (QED) is 0.258. The fraction of sp³-hybridized carbons (Fsp3) is 0.842. The van der Waals surface area contributed by atoms with E-state index >= 15 is 0 Å². The highest BCUT2D eigenvalue weighted by atomic mass is 16.5. The fourth-order valence-corrected chi connectivity index (χ4v) is 2.46. The zero-order valence-corrected chi connectivity index (χ0v) is 14.7. The minimum atomic E-state index is -0.157. The molecule has 1 atom stereocenters. The number of carbonyl (C=O) groups is 1. The zero-order valence-electron chi connectivity index (χ0n) is 14.7. The van der Waals surface area contributed by atoms with E-state index in [9.17, 15) is 9.90 Å². The molecule has 0 aliphatic rings. The first-order valence-electron chi connectivity index (χ1n) is 9.10. The SMILES string of the molecule is CCCCC/C=C/CC[C@H](O)CCCCCCCC(=O)OC. The molecule has 0 saturated heterocycles. The van der Waals surface area contributed by atoms with Crippen molar-refractivity contribution in [3.05, 3.63) is 12.2 Å². The number of esters is 1. The van der Waals surface area contributed by atoms with Crippen molar-refractivity contribution in [1.82, 2.24) is 0 Å². The van der Waals surface area contributed by atoms with E-state index in [1.807, 2.05) is 0 Å². The molecule has 0 rings (SSSR count). The summed E-state index contributed by atoms with van der Waals surface area (Å²) in [6.45, 7) is 2.22. The van der Waals surface area contributed by atoms with Crippen LogP contribution in [0.3, 0.4) is 0 Å². The minimum Gasteiger partial charge on any atom is -0.469 e. The third-order valence-corrected chi connectivity index (χ3v) is 3.95. The van der Waals surface area contributed by atoms with E-state index in [0.717, 1.165) is 51.4 Å². The molecule has 0 amide bonds. The molecule has 0 aliphatic carbocycles. The van der Waals surface area contributed by atoms with Crippen LogP contribution in [0.25, 0.3) is 0 Å². The maximum absolute atomic E-state index is 10.9. The Morgan fingerprint density at radius 2 is 1.64 bits per heavy atom. The Balaban J connectivity index is 3.28. The van der Waals surface area contributed by atoms with Gasteiger partial charge in [-0.05, 0) is 38.5 Å². The number of aliphatic hydroxyl groups excluding tert-OH is 1. The first-order chi connectivity index (χ1) is 10.7. The molecule has 130 valence electrons. The summed E-state index contributed by atoms with van der Waals surface area (Å²) in [4.78, 5) is 10.9. The lowest BCUT2D eigenvalue weighted by molar-refractivity contribution is -0.140. The number of hydrogen-bond acceptors (Lipinski definition) is 3. The van der Waals surface area contributed by atoms with Gasteiger partial charge in [0.15, 0.2) is 0 Å². The third-order valence-electron chi connectivity index (χ3n) is 3.95. The first kappa shape index (κ1) is 21.2.